The number of rotatable bonds is 4. The standard InChI is InChI=1S/C14H16N2OS/c1-10(15)11-7-8-14(16-9-11)18-13-6-4-3-5-12(13)17-2/h3-10H,15H2,1-2H3. The molecule has 1 aromatic carbocycles. The lowest BCUT2D eigenvalue weighted by Crippen LogP contribution is -2.04. The molecule has 0 saturated carbocycles. The molecule has 1 atom stereocenters. The summed E-state index contributed by atoms with van der Waals surface area (Å²) in [6.07, 6.45) is 1.82. The van der Waals surface area contributed by atoms with Crippen LogP contribution in [0.5, 0.6) is 5.75 Å². The first-order valence-corrected chi connectivity index (χ1v) is 6.54. The summed E-state index contributed by atoms with van der Waals surface area (Å²) in [7, 11) is 1.67. The van der Waals surface area contributed by atoms with E-state index in [-0.39, 0.29) is 6.04 Å². The molecule has 1 unspecified atom stereocenters. The minimum absolute atomic E-state index is 0.0165. The number of pyridine rings is 1. The first kappa shape index (κ1) is 12.9. The van der Waals surface area contributed by atoms with Crippen LogP contribution in [0.15, 0.2) is 52.5 Å². The molecule has 0 amide bonds. The maximum Gasteiger partial charge on any atom is 0.132 e. The fraction of sp³-hybridized carbons (Fsp3) is 0.214. The Morgan fingerprint density at radius 3 is 2.61 bits per heavy atom. The van der Waals surface area contributed by atoms with Gasteiger partial charge in [0.05, 0.1) is 12.0 Å². The summed E-state index contributed by atoms with van der Waals surface area (Å²) in [5.74, 6) is 0.862. The maximum absolute atomic E-state index is 5.80. The number of aromatic nitrogens is 1. The Bertz CT molecular complexity index is 511. The molecule has 2 aromatic rings. The van der Waals surface area contributed by atoms with Gasteiger partial charge >= 0.3 is 0 Å². The summed E-state index contributed by atoms with van der Waals surface area (Å²) < 4.78 is 5.31. The first-order chi connectivity index (χ1) is 8.70. The highest BCUT2D eigenvalue weighted by Gasteiger charge is 2.06. The lowest BCUT2D eigenvalue weighted by molar-refractivity contribution is 0.405. The van der Waals surface area contributed by atoms with Gasteiger partial charge < -0.3 is 10.5 Å². The molecule has 2 N–H and O–H groups in total. The summed E-state index contributed by atoms with van der Waals surface area (Å²) in [4.78, 5) is 5.45. The van der Waals surface area contributed by atoms with Crippen LogP contribution in [0.4, 0.5) is 0 Å². The Morgan fingerprint density at radius 2 is 2.00 bits per heavy atom. The number of benzene rings is 1. The zero-order valence-electron chi connectivity index (χ0n) is 10.5. The topological polar surface area (TPSA) is 48.1 Å². The normalized spacial score (nSPS) is 12.2. The summed E-state index contributed by atoms with van der Waals surface area (Å²) in [6.45, 7) is 1.95. The predicted molar refractivity (Wildman–Crippen MR) is 74.0 cm³/mol. The number of nitrogens with zero attached hydrogens (tertiary/aromatic N) is 1. The van der Waals surface area contributed by atoms with Crippen LogP contribution in [0.3, 0.4) is 0 Å². The lowest BCUT2D eigenvalue weighted by Gasteiger charge is -2.08. The van der Waals surface area contributed by atoms with Gasteiger partial charge in [0, 0.05) is 12.2 Å². The molecule has 1 aromatic heterocycles. The summed E-state index contributed by atoms with van der Waals surface area (Å²) in [6, 6.07) is 11.9. The molecule has 0 spiro atoms. The van der Waals surface area contributed by atoms with Gasteiger partial charge in [-0.1, -0.05) is 30.0 Å². The van der Waals surface area contributed by atoms with E-state index in [2.05, 4.69) is 4.98 Å². The molecule has 2 rings (SSSR count). The molecule has 0 saturated heterocycles. The van der Waals surface area contributed by atoms with E-state index in [1.54, 1.807) is 18.9 Å². The van der Waals surface area contributed by atoms with Crippen molar-refractivity contribution in [2.24, 2.45) is 5.73 Å². The average Bonchev–Trinajstić information content (AvgIpc) is 2.40. The van der Waals surface area contributed by atoms with E-state index in [1.807, 2.05) is 49.5 Å². The minimum atomic E-state index is 0.0165. The highest BCUT2D eigenvalue weighted by atomic mass is 32.2. The lowest BCUT2D eigenvalue weighted by atomic mass is 10.2. The van der Waals surface area contributed by atoms with Gasteiger partial charge in [-0.15, -0.1) is 0 Å². The second-order valence-electron chi connectivity index (χ2n) is 3.97. The largest absolute Gasteiger partial charge is 0.496 e. The van der Waals surface area contributed by atoms with Gasteiger partial charge in [-0.3, -0.25) is 0 Å². The number of para-hydroxylation sites is 1. The highest BCUT2D eigenvalue weighted by Crippen LogP contribution is 2.33. The molecular weight excluding hydrogens is 244 g/mol. The van der Waals surface area contributed by atoms with E-state index in [4.69, 9.17) is 10.5 Å². The molecular formula is C14H16N2OS. The molecule has 94 valence electrons. The zero-order chi connectivity index (χ0) is 13.0. The van der Waals surface area contributed by atoms with Gasteiger partial charge in [0.1, 0.15) is 10.8 Å². The second-order valence-corrected chi connectivity index (χ2v) is 5.03. The van der Waals surface area contributed by atoms with Crippen LogP contribution in [-0.4, -0.2) is 12.1 Å². The molecule has 0 aliphatic heterocycles. The molecule has 0 radical (unpaired) electrons. The molecule has 1 heterocycles. The molecule has 0 fully saturated rings. The van der Waals surface area contributed by atoms with Gasteiger partial charge in [0.25, 0.3) is 0 Å². The van der Waals surface area contributed by atoms with E-state index < -0.39 is 0 Å². The van der Waals surface area contributed by atoms with Crippen molar-refractivity contribution in [1.82, 2.24) is 4.98 Å². The number of nitrogens with two attached hydrogens (primary N) is 1. The molecule has 4 heteroatoms. The van der Waals surface area contributed by atoms with Gasteiger partial charge in [0.15, 0.2) is 0 Å². The molecule has 18 heavy (non-hydrogen) atoms. The maximum atomic E-state index is 5.80. The fourth-order valence-electron chi connectivity index (χ4n) is 1.54. The van der Waals surface area contributed by atoms with E-state index in [0.717, 1.165) is 21.2 Å². The van der Waals surface area contributed by atoms with Crippen molar-refractivity contribution >= 4 is 11.8 Å². The van der Waals surface area contributed by atoms with Crippen LogP contribution in [0.2, 0.25) is 0 Å². The Kier molecular flexibility index (Phi) is 4.23. The van der Waals surface area contributed by atoms with Crippen LogP contribution < -0.4 is 10.5 Å². The van der Waals surface area contributed by atoms with Gasteiger partial charge in [-0.05, 0) is 30.7 Å². The fourth-order valence-corrected chi connectivity index (χ4v) is 2.40. The SMILES string of the molecule is COc1ccccc1Sc1ccc(C(C)N)cn1. The van der Waals surface area contributed by atoms with E-state index >= 15 is 0 Å². The second kappa shape index (κ2) is 5.89. The summed E-state index contributed by atoms with van der Waals surface area (Å²) in [5, 5.41) is 0.934. The first-order valence-electron chi connectivity index (χ1n) is 5.73. The van der Waals surface area contributed by atoms with E-state index in [0.29, 0.717) is 0 Å². The van der Waals surface area contributed by atoms with Crippen molar-refractivity contribution in [2.75, 3.05) is 7.11 Å². The van der Waals surface area contributed by atoms with E-state index in [1.165, 1.54) is 0 Å². The van der Waals surface area contributed by atoms with Crippen molar-refractivity contribution in [3.05, 3.63) is 48.2 Å². The molecule has 0 aliphatic rings. The van der Waals surface area contributed by atoms with E-state index in [9.17, 15) is 0 Å². The Morgan fingerprint density at radius 1 is 1.22 bits per heavy atom. The van der Waals surface area contributed by atoms with Gasteiger partial charge in [0.2, 0.25) is 0 Å². The summed E-state index contributed by atoms with van der Waals surface area (Å²) >= 11 is 1.58. The minimum Gasteiger partial charge on any atom is -0.496 e. The molecule has 3 nitrogen and oxygen atoms in total. The van der Waals surface area contributed by atoms with Crippen molar-refractivity contribution in [3.8, 4) is 5.75 Å². The van der Waals surface area contributed by atoms with Crippen molar-refractivity contribution in [3.63, 3.8) is 0 Å². The third-order valence-electron chi connectivity index (χ3n) is 2.57. The Hall–Kier alpha value is -1.52. The van der Waals surface area contributed by atoms with Crippen molar-refractivity contribution < 1.29 is 4.74 Å². The average molecular weight is 260 g/mol. The molecule has 0 aliphatic carbocycles. The third kappa shape index (κ3) is 3.03. The van der Waals surface area contributed by atoms with Crippen LogP contribution in [0, 0.1) is 0 Å². The Balaban J connectivity index is 2.18. The smallest absolute Gasteiger partial charge is 0.132 e. The number of methoxy groups -OCH3 is 1. The number of hydrogen-bond acceptors (Lipinski definition) is 4. The zero-order valence-corrected chi connectivity index (χ0v) is 11.3. The van der Waals surface area contributed by atoms with Crippen LogP contribution in [0.25, 0.3) is 0 Å². The quantitative estimate of drug-likeness (QED) is 0.916. The van der Waals surface area contributed by atoms with Crippen molar-refractivity contribution in [1.29, 1.82) is 0 Å². The monoisotopic (exact) mass is 260 g/mol. The third-order valence-corrected chi connectivity index (χ3v) is 3.58. The van der Waals surface area contributed by atoms with Gasteiger partial charge in [-0.25, -0.2) is 4.98 Å². The number of hydrogen-bond donors (Lipinski definition) is 1. The van der Waals surface area contributed by atoms with Crippen LogP contribution in [-0.2, 0) is 0 Å². The number of ether oxygens (including phenoxy) is 1. The van der Waals surface area contributed by atoms with Crippen molar-refractivity contribution in [2.45, 2.75) is 22.9 Å². The highest BCUT2D eigenvalue weighted by molar-refractivity contribution is 7.99. The molecule has 0 bridgehead atoms. The predicted octanol–water partition coefficient (Wildman–Crippen LogP) is 3.26. The van der Waals surface area contributed by atoms with Crippen LogP contribution in [0.1, 0.15) is 18.5 Å². The van der Waals surface area contributed by atoms with Gasteiger partial charge in [-0.2, -0.15) is 0 Å². The Labute approximate surface area is 111 Å². The van der Waals surface area contributed by atoms with Crippen LogP contribution >= 0.6 is 11.8 Å². The summed E-state index contributed by atoms with van der Waals surface area (Å²) in [5.41, 5.74) is 6.84.